The second kappa shape index (κ2) is 7.57. The van der Waals surface area contributed by atoms with E-state index in [9.17, 15) is 9.59 Å². The number of nitrogens with one attached hydrogen (secondary N) is 1. The van der Waals surface area contributed by atoms with Crippen molar-refractivity contribution >= 4 is 23.2 Å². The lowest BCUT2D eigenvalue weighted by Gasteiger charge is -2.16. The van der Waals surface area contributed by atoms with E-state index >= 15 is 0 Å². The van der Waals surface area contributed by atoms with Crippen LogP contribution in [0.4, 0.5) is 0 Å². The molecule has 1 saturated heterocycles. The molecule has 1 aliphatic heterocycles. The van der Waals surface area contributed by atoms with Gasteiger partial charge >= 0.3 is 0 Å². The highest BCUT2D eigenvalue weighted by atomic mass is 32.1. The lowest BCUT2D eigenvalue weighted by molar-refractivity contribution is -0.129. The van der Waals surface area contributed by atoms with Crippen molar-refractivity contribution in [2.75, 3.05) is 6.54 Å². The molecule has 1 atom stereocenters. The van der Waals surface area contributed by atoms with Gasteiger partial charge in [0.05, 0.1) is 24.7 Å². The first-order valence-electron chi connectivity index (χ1n) is 8.18. The highest BCUT2D eigenvalue weighted by Crippen LogP contribution is 2.21. The molecule has 0 bridgehead atoms. The van der Waals surface area contributed by atoms with Crippen LogP contribution in [-0.2, 0) is 29.1 Å². The van der Waals surface area contributed by atoms with Gasteiger partial charge in [-0.05, 0) is 30.7 Å². The molecule has 0 spiro atoms. The Bertz CT molecular complexity index is 714. The van der Waals surface area contributed by atoms with Gasteiger partial charge in [-0.2, -0.15) is 0 Å². The zero-order valence-electron chi connectivity index (χ0n) is 13.7. The van der Waals surface area contributed by atoms with Crippen LogP contribution in [-0.4, -0.2) is 28.2 Å². The van der Waals surface area contributed by atoms with Crippen LogP contribution in [0.25, 0.3) is 0 Å². The Hall–Kier alpha value is -2.21. The Balaban J connectivity index is 1.52. The van der Waals surface area contributed by atoms with Crippen molar-refractivity contribution in [3.8, 4) is 0 Å². The molecule has 3 rings (SSSR count). The monoisotopic (exact) mass is 343 g/mol. The summed E-state index contributed by atoms with van der Waals surface area (Å²) in [5.41, 5.74) is 0.845. The number of thiophene rings is 1. The van der Waals surface area contributed by atoms with E-state index in [1.54, 1.807) is 22.4 Å². The standard InChI is InChI=1S/C18H21N3O2S/c1-2-15-6-7-16(24-15)10-20-18(23)13-9-17(22)21(11-13)12-14-5-3-4-8-19-14/h3-8,13H,2,9-12H2,1H3,(H,20,23)/t13-/m0/s1. The molecule has 2 aromatic heterocycles. The average Bonchev–Trinajstić information content (AvgIpc) is 3.21. The Morgan fingerprint density at radius 1 is 1.33 bits per heavy atom. The fourth-order valence-corrected chi connectivity index (χ4v) is 3.71. The van der Waals surface area contributed by atoms with Crippen LogP contribution in [0, 0.1) is 5.92 Å². The van der Waals surface area contributed by atoms with Crippen LogP contribution in [0.5, 0.6) is 0 Å². The maximum Gasteiger partial charge on any atom is 0.225 e. The van der Waals surface area contributed by atoms with Crippen LogP contribution in [0.1, 0.15) is 28.8 Å². The van der Waals surface area contributed by atoms with E-state index in [0.717, 1.165) is 17.0 Å². The largest absolute Gasteiger partial charge is 0.351 e. The minimum atomic E-state index is -0.271. The van der Waals surface area contributed by atoms with Gasteiger partial charge in [0.15, 0.2) is 0 Å². The van der Waals surface area contributed by atoms with Crippen LogP contribution in [0.2, 0.25) is 0 Å². The molecule has 2 aromatic rings. The van der Waals surface area contributed by atoms with Crippen molar-refractivity contribution in [3.63, 3.8) is 0 Å². The number of pyridine rings is 1. The Labute approximate surface area is 145 Å². The number of nitrogens with zero attached hydrogens (tertiary/aromatic N) is 2. The SMILES string of the molecule is CCc1ccc(CNC(=O)[C@H]2CC(=O)N(Cc3ccccn3)C2)s1. The maximum atomic E-state index is 12.3. The minimum Gasteiger partial charge on any atom is -0.351 e. The predicted octanol–water partition coefficient (Wildman–Crippen LogP) is 2.37. The molecule has 0 radical (unpaired) electrons. The molecule has 126 valence electrons. The third-order valence-corrected chi connectivity index (χ3v) is 5.40. The molecule has 0 saturated carbocycles. The number of hydrogen-bond donors (Lipinski definition) is 1. The number of aryl methyl sites for hydroxylation is 1. The van der Waals surface area contributed by atoms with Gasteiger partial charge in [-0.3, -0.25) is 14.6 Å². The van der Waals surface area contributed by atoms with Crippen molar-refractivity contribution in [3.05, 3.63) is 52.0 Å². The van der Waals surface area contributed by atoms with E-state index in [-0.39, 0.29) is 24.2 Å². The number of carbonyl (C=O) groups excluding carboxylic acids is 2. The molecule has 1 fully saturated rings. The second-order valence-electron chi connectivity index (χ2n) is 5.94. The molecular formula is C18H21N3O2S. The van der Waals surface area contributed by atoms with E-state index in [4.69, 9.17) is 0 Å². The van der Waals surface area contributed by atoms with Gasteiger partial charge in [0.2, 0.25) is 11.8 Å². The van der Waals surface area contributed by atoms with Gasteiger partial charge in [0.1, 0.15) is 0 Å². The Morgan fingerprint density at radius 3 is 2.88 bits per heavy atom. The molecule has 3 heterocycles. The molecule has 2 amide bonds. The summed E-state index contributed by atoms with van der Waals surface area (Å²) in [4.78, 5) is 32.9. The van der Waals surface area contributed by atoms with Crippen molar-refractivity contribution in [1.82, 2.24) is 15.2 Å². The number of carbonyl (C=O) groups is 2. The first-order chi connectivity index (χ1) is 11.7. The third-order valence-electron chi connectivity index (χ3n) is 4.17. The van der Waals surface area contributed by atoms with E-state index in [2.05, 4.69) is 29.4 Å². The summed E-state index contributed by atoms with van der Waals surface area (Å²) in [6.07, 6.45) is 3.01. The van der Waals surface area contributed by atoms with E-state index in [1.807, 2.05) is 18.2 Å². The molecular weight excluding hydrogens is 322 g/mol. The van der Waals surface area contributed by atoms with E-state index in [0.29, 0.717) is 19.6 Å². The normalized spacial score (nSPS) is 17.3. The second-order valence-corrected chi connectivity index (χ2v) is 7.19. The summed E-state index contributed by atoms with van der Waals surface area (Å²) < 4.78 is 0. The van der Waals surface area contributed by atoms with E-state index < -0.39 is 0 Å². The van der Waals surface area contributed by atoms with Crippen molar-refractivity contribution in [1.29, 1.82) is 0 Å². The zero-order chi connectivity index (χ0) is 16.9. The summed E-state index contributed by atoms with van der Waals surface area (Å²) in [7, 11) is 0. The van der Waals surface area contributed by atoms with Crippen LogP contribution in [0.3, 0.4) is 0 Å². The van der Waals surface area contributed by atoms with Crippen LogP contribution < -0.4 is 5.32 Å². The van der Waals surface area contributed by atoms with Gasteiger partial charge in [0, 0.05) is 28.9 Å². The number of likely N-dealkylation sites (tertiary alicyclic amines) is 1. The summed E-state index contributed by atoms with van der Waals surface area (Å²) >= 11 is 1.72. The summed E-state index contributed by atoms with van der Waals surface area (Å²) in [6, 6.07) is 9.79. The summed E-state index contributed by atoms with van der Waals surface area (Å²) in [5.74, 6) is -0.296. The number of aromatic nitrogens is 1. The number of amides is 2. The predicted molar refractivity (Wildman–Crippen MR) is 93.3 cm³/mol. The van der Waals surface area contributed by atoms with Gasteiger partial charge in [-0.1, -0.05) is 13.0 Å². The van der Waals surface area contributed by atoms with E-state index in [1.165, 1.54) is 4.88 Å². The Morgan fingerprint density at radius 2 is 2.17 bits per heavy atom. The van der Waals surface area contributed by atoms with Crippen LogP contribution in [0.15, 0.2) is 36.5 Å². The molecule has 1 N–H and O–H groups in total. The van der Waals surface area contributed by atoms with Gasteiger partial charge < -0.3 is 10.2 Å². The first-order valence-corrected chi connectivity index (χ1v) is 9.00. The van der Waals surface area contributed by atoms with Crippen LogP contribution >= 0.6 is 11.3 Å². The topological polar surface area (TPSA) is 62.3 Å². The minimum absolute atomic E-state index is 0.0187. The lowest BCUT2D eigenvalue weighted by Crippen LogP contribution is -2.32. The fourth-order valence-electron chi connectivity index (χ4n) is 2.81. The molecule has 1 aliphatic rings. The first kappa shape index (κ1) is 16.6. The van der Waals surface area contributed by atoms with Gasteiger partial charge in [-0.25, -0.2) is 0 Å². The van der Waals surface area contributed by atoms with Crippen molar-refractivity contribution in [2.45, 2.75) is 32.9 Å². The van der Waals surface area contributed by atoms with Gasteiger partial charge in [-0.15, -0.1) is 11.3 Å². The third kappa shape index (κ3) is 4.00. The molecule has 0 aromatic carbocycles. The lowest BCUT2D eigenvalue weighted by atomic mass is 10.1. The molecule has 0 unspecified atom stereocenters. The molecule has 0 aliphatic carbocycles. The fraction of sp³-hybridized carbons (Fsp3) is 0.389. The van der Waals surface area contributed by atoms with Crippen molar-refractivity contribution in [2.24, 2.45) is 5.92 Å². The summed E-state index contributed by atoms with van der Waals surface area (Å²) in [6.45, 7) is 3.59. The Kier molecular flexibility index (Phi) is 5.25. The molecule has 24 heavy (non-hydrogen) atoms. The van der Waals surface area contributed by atoms with Crippen molar-refractivity contribution < 1.29 is 9.59 Å². The van der Waals surface area contributed by atoms with Gasteiger partial charge in [0.25, 0.3) is 0 Å². The smallest absolute Gasteiger partial charge is 0.225 e. The zero-order valence-corrected chi connectivity index (χ0v) is 14.5. The molecule has 5 nitrogen and oxygen atoms in total. The maximum absolute atomic E-state index is 12.3. The molecule has 6 heteroatoms. The number of hydrogen-bond acceptors (Lipinski definition) is 4. The highest BCUT2D eigenvalue weighted by molar-refractivity contribution is 7.11. The highest BCUT2D eigenvalue weighted by Gasteiger charge is 2.34. The number of rotatable bonds is 6. The summed E-state index contributed by atoms with van der Waals surface area (Å²) in [5, 5.41) is 2.96. The quantitative estimate of drug-likeness (QED) is 0.876. The average molecular weight is 343 g/mol.